The Morgan fingerprint density at radius 2 is 2.17 bits per heavy atom. The Hall–Kier alpha value is -2.35. The minimum absolute atomic E-state index is 0.107. The number of nitrogens with zero attached hydrogens (tertiary/aromatic N) is 1. The Morgan fingerprint density at radius 1 is 1.48 bits per heavy atom. The number of halogens is 1. The number of carbonyl (C=O) groups excluding carboxylic acids is 1. The summed E-state index contributed by atoms with van der Waals surface area (Å²) in [7, 11) is 0. The van der Waals surface area contributed by atoms with Gasteiger partial charge in [0.05, 0.1) is 5.56 Å². The maximum atomic E-state index is 13.6. The van der Waals surface area contributed by atoms with E-state index in [1.54, 1.807) is 0 Å². The van der Waals surface area contributed by atoms with Crippen molar-refractivity contribution in [1.82, 2.24) is 9.97 Å². The SMILES string of the molecule is CC[C@@H](C)Sc1nc(N)c(NC(=O)c2ccccc2F)c(=O)[nH]1. The minimum Gasteiger partial charge on any atom is -0.382 e. The highest BCUT2D eigenvalue weighted by atomic mass is 32.2. The molecule has 23 heavy (non-hydrogen) atoms. The Labute approximate surface area is 136 Å². The average Bonchev–Trinajstić information content (AvgIpc) is 2.51. The number of nitrogens with two attached hydrogens (primary N) is 1. The lowest BCUT2D eigenvalue weighted by Gasteiger charge is -2.10. The summed E-state index contributed by atoms with van der Waals surface area (Å²) >= 11 is 1.38. The molecule has 0 aliphatic heterocycles. The fourth-order valence-electron chi connectivity index (χ4n) is 1.75. The highest BCUT2D eigenvalue weighted by Gasteiger charge is 2.17. The van der Waals surface area contributed by atoms with Crippen LogP contribution in [0.5, 0.6) is 0 Å². The summed E-state index contributed by atoms with van der Waals surface area (Å²) in [4.78, 5) is 30.8. The van der Waals surface area contributed by atoms with Gasteiger partial charge >= 0.3 is 0 Å². The van der Waals surface area contributed by atoms with Crippen LogP contribution in [0, 0.1) is 5.82 Å². The zero-order valence-corrected chi connectivity index (χ0v) is 13.5. The van der Waals surface area contributed by atoms with Gasteiger partial charge in [-0.15, -0.1) is 0 Å². The lowest BCUT2D eigenvalue weighted by atomic mass is 10.2. The Kier molecular flexibility index (Phi) is 5.38. The van der Waals surface area contributed by atoms with E-state index in [4.69, 9.17) is 5.73 Å². The largest absolute Gasteiger partial charge is 0.382 e. The summed E-state index contributed by atoms with van der Waals surface area (Å²) in [5.74, 6) is -1.55. The molecule has 122 valence electrons. The molecule has 0 saturated carbocycles. The minimum atomic E-state index is -0.760. The summed E-state index contributed by atoms with van der Waals surface area (Å²) in [6.45, 7) is 4.01. The normalized spacial score (nSPS) is 12.0. The fraction of sp³-hybridized carbons (Fsp3) is 0.267. The first-order chi connectivity index (χ1) is 10.9. The van der Waals surface area contributed by atoms with Gasteiger partial charge in [-0.25, -0.2) is 9.37 Å². The first-order valence-electron chi connectivity index (χ1n) is 7.04. The molecule has 1 aromatic carbocycles. The molecule has 8 heteroatoms. The van der Waals surface area contributed by atoms with E-state index in [0.29, 0.717) is 5.16 Å². The smallest absolute Gasteiger partial charge is 0.277 e. The molecule has 0 radical (unpaired) electrons. The molecule has 0 aliphatic carbocycles. The Bertz CT molecular complexity index is 778. The topological polar surface area (TPSA) is 101 Å². The fourth-order valence-corrected chi connectivity index (χ4v) is 2.60. The first kappa shape index (κ1) is 17.0. The van der Waals surface area contributed by atoms with Gasteiger partial charge in [0.25, 0.3) is 11.5 Å². The zero-order chi connectivity index (χ0) is 17.0. The van der Waals surface area contributed by atoms with Crippen molar-refractivity contribution in [3.05, 3.63) is 46.0 Å². The van der Waals surface area contributed by atoms with Gasteiger partial charge < -0.3 is 11.1 Å². The van der Waals surface area contributed by atoms with Crippen molar-refractivity contribution in [2.24, 2.45) is 0 Å². The van der Waals surface area contributed by atoms with E-state index in [2.05, 4.69) is 15.3 Å². The molecule has 2 aromatic rings. The third kappa shape index (κ3) is 4.10. The third-order valence-electron chi connectivity index (χ3n) is 3.17. The van der Waals surface area contributed by atoms with Crippen LogP contribution >= 0.6 is 11.8 Å². The van der Waals surface area contributed by atoms with E-state index in [1.165, 1.54) is 30.0 Å². The maximum Gasteiger partial charge on any atom is 0.277 e. The number of nitrogen functional groups attached to an aromatic ring is 1. The van der Waals surface area contributed by atoms with E-state index in [-0.39, 0.29) is 22.3 Å². The van der Waals surface area contributed by atoms with Crippen molar-refractivity contribution >= 4 is 29.2 Å². The Morgan fingerprint density at radius 3 is 2.78 bits per heavy atom. The van der Waals surface area contributed by atoms with E-state index in [9.17, 15) is 14.0 Å². The molecule has 1 atom stereocenters. The summed E-state index contributed by atoms with van der Waals surface area (Å²) in [5.41, 5.74) is 4.81. The van der Waals surface area contributed by atoms with Crippen LogP contribution in [0.3, 0.4) is 0 Å². The standard InChI is InChI=1S/C15H17FN4O2S/c1-3-8(2)23-15-19-12(17)11(14(22)20-15)18-13(21)9-6-4-5-7-10(9)16/h4-8H,3H2,1-2H3,(H,18,21)(H3,17,19,20,22)/t8-/m1/s1. The molecular formula is C15H17FN4O2S. The lowest BCUT2D eigenvalue weighted by molar-refractivity contribution is 0.102. The molecule has 0 fully saturated rings. The number of hydrogen-bond donors (Lipinski definition) is 3. The summed E-state index contributed by atoms with van der Waals surface area (Å²) in [5, 5.41) is 2.95. The van der Waals surface area contributed by atoms with E-state index < -0.39 is 17.3 Å². The average molecular weight is 336 g/mol. The van der Waals surface area contributed by atoms with Crippen molar-refractivity contribution in [1.29, 1.82) is 0 Å². The van der Waals surface area contributed by atoms with Crippen molar-refractivity contribution < 1.29 is 9.18 Å². The second kappa shape index (κ2) is 7.28. The molecule has 1 aromatic heterocycles. The number of amides is 1. The molecule has 1 amide bonds. The number of aromatic amines is 1. The zero-order valence-electron chi connectivity index (χ0n) is 12.7. The highest BCUT2D eigenvalue weighted by Crippen LogP contribution is 2.23. The predicted octanol–water partition coefficient (Wildman–Crippen LogP) is 2.63. The van der Waals surface area contributed by atoms with Crippen LogP contribution in [-0.2, 0) is 0 Å². The third-order valence-corrected chi connectivity index (χ3v) is 4.32. The summed E-state index contributed by atoms with van der Waals surface area (Å²) in [6.07, 6.45) is 0.903. The van der Waals surface area contributed by atoms with Crippen molar-refractivity contribution in [3.63, 3.8) is 0 Å². The van der Waals surface area contributed by atoms with Gasteiger partial charge in [0, 0.05) is 5.25 Å². The quantitative estimate of drug-likeness (QED) is 0.575. The van der Waals surface area contributed by atoms with Crippen LogP contribution in [-0.4, -0.2) is 21.1 Å². The number of rotatable bonds is 5. The number of carbonyl (C=O) groups is 1. The van der Waals surface area contributed by atoms with Crippen LogP contribution in [0.15, 0.2) is 34.2 Å². The highest BCUT2D eigenvalue weighted by molar-refractivity contribution is 7.99. The molecule has 6 nitrogen and oxygen atoms in total. The molecule has 0 unspecified atom stereocenters. The van der Waals surface area contributed by atoms with Gasteiger partial charge in [-0.3, -0.25) is 14.6 Å². The molecule has 0 bridgehead atoms. The number of anilines is 2. The van der Waals surface area contributed by atoms with Crippen LogP contribution in [0.4, 0.5) is 15.9 Å². The second-order valence-electron chi connectivity index (χ2n) is 4.90. The monoisotopic (exact) mass is 336 g/mol. The number of H-pyrrole nitrogens is 1. The number of thioether (sulfide) groups is 1. The van der Waals surface area contributed by atoms with Crippen LogP contribution in [0.1, 0.15) is 30.6 Å². The first-order valence-corrected chi connectivity index (χ1v) is 7.92. The molecule has 1 heterocycles. The number of nitrogens with one attached hydrogen (secondary N) is 2. The van der Waals surface area contributed by atoms with E-state index in [1.807, 2.05) is 13.8 Å². The second-order valence-corrected chi connectivity index (χ2v) is 6.33. The number of benzene rings is 1. The molecule has 0 aliphatic rings. The van der Waals surface area contributed by atoms with Crippen LogP contribution in [0.2, 0.25) is 0 Å². The van der Waals surface area contributed by atoms with Crippen LogP contribution < -0.4 is 16.6 Å². The molecule has 4 N–H and O–H groups in total. The van der Waals surface area contributed by atoms with Crippen molar-refractivity contribution in [3.8, 4) is 0 Å². The van der Waals surface area contributed by atoms with Gasteiger partial charge in [-0.1, -0.05) is 37.7 Å². The van der Waals surface area contributed by atoms with Gasteiger partial charge in [0.1, 0.15) is 11.5 Å². The molecule has 2 rings (SSSR count). The van der Waals surface area contributed by atoms with E-state index in [0.717, 1.165) is 12.5 Å². The summed E-state index contributed by atoms with van der Waals surface area (Å²) < 4.78 is 13.6. The maximum absolute atomic E-state index is 13.6. The lowest BCUT2D eigenvalue weighted by Crippen LogP contribution is -2.23. The van der Waals surface area contributed by atoms with Crippen molar-refractivity contribution in [2.75, 3.05) is 11.1 Å². The van der Waals surface area contributed by atoms with E-state index >= 15 is 0 Å². The van der Waals surface area contributed by atoms with Gasteiger partial charge in [-0.05, 0) is 18.6 Å². The van der Waals surface area contributed by atoms with Gasteiger partial charge in [-0.2, -0.15) is 0 Å². The number of aromatic nitrogens is 2. The summed E-state index contributed by atoms with van der Waals surface area (Å²) in [6, 6.07) is 5.47. The molecular weight excluding hydrogens is 319 g/mol. The van der Waals surface area contributed by atoms with Crippen LogP contribution in [0.25, 0.3) is 0 Å². The Balaban J connectivity index is 2.26. The molecule has 0 spiro atoms. The van der Waals surface area contributed by atoms with Gasteiger partial charge in [0.2, 0.25) is 0 Å². The van der Waals surface area contributed by atoms with Gasteiger partial charge in [0.15, 0.2) is 11.0 Å². The molecule has 0 saturated heterocycles. The predicted molar refractivity (Wildman–Crippen MR) is 89.2 cm³/mol. The number of hydrogen-bond acceptors (Lipinski definition) is 5. The van der Waals surface area contributed by atoms with Crippen molar-refractivity contribution in [2.45, 2.75) is 30.7 Å².